The van der Waals surface area contributed by atoms with Crippen molar-refractivity contribution in [2.24, 2.45) is 5.73 Å². The molecule has 3 nitrogen and oxygen atoms in total. The first-order valence-electron chi connectivity index (χ1n) is 7.51. The molecule has 2 N–H and O–H groups in total. The predicted molar refractivity (Wildman–Crippen MR) is 87.7 cm³/mol. The minimum Gasteiger partial charge on any atom is -0.490 e. The Morgan fingerprint density at radius 3 is 2.55 bits per heavy atom. The quantitative estimate of drug-likeness (QED) is 0.644. The highest BCUT2D eigenvalue weighted by Gasteiger charge is 2.12. The van der Waals surface area contributed by atoms with Gasteiger partial charge in [-0.3, -0.25) is 0 Å². The van der Waals surface area contributed by atoms with Gasteiger partial charge in [-0.25, -0.2) is 0 Å². The van der Waals surface area contributed by atoms with Crippen LogP contribution in [0.3, 0.4) is 0 Å². The van der Waals surface area contributed by atoms with Crippen molar-refractivity contribution in [2.45, 2.75) is 46.0 Å². The Morgan fingerprint density at radius 2 is 1.90 bits per heavy atom. The minimum absolute atomic E-state index is 0.630. The van der Waals surface area contributed by atoms with Gasteiger partial charge in [0.2, 0.25) is 0 Å². The first kappa shape index (κ1) is 17.3. The summed E-state index contributed by atoms with van der Waals surface area (Å²) in [5.41, 5.74) is 6.78. The van der Waals surface area contributed by atoms with Crippen LogP contribution in [-0.2, 0) is 6.42 Å². The molecule has 0 spiro atoms. The lowest BCUT2D eigenvalue weighted by molar-refractivity contribution is 0.269. The van der Waals surface area contributed by atoms with Crippen molar-refractivity contribution in [3.63, 3.8) is 0 Å². The number of benzene rings is 1. The summed E-state index contributed by atoms with van der Waals surface area (Å²) >= 11 is 3.58. The number of unbranched alkanes of at least 4 members (excludes halogenated alkanes) is 3. The molecular weight excluding hydrogens is 318 g/mol. The molecule has 0 bridgehead atoms. The van der Waals surface area contributed by atoms with Gasteiger partial charge in [-0.15, -0.1) is 0 Å². The zero-order chi connectivity index (χ0) is 14.8. The topological polar surface area (TPSA) is 44.5 Å². The lowest BCUT2D eigenvalue weighted by atomic mass is 10.1. The van der Waals surface area contributed by atoms with Crippen molar-refractivity contribution in [1.82, 2.24) is 0 Å². The maximum absolute atomic E-state index is 5.90. The zero-order valence-electron chi connectivity index (χ0n) is 12.6. The number of ether oxygens (including phenoxy) is 2. The van der Waals surface area contributed by atoms with Gasteiger partial charge < -0.3 is 15.2 Å². The lowest BCUT2D eigenvalue weighted by Crippen LogP contribution is -2.05. The smallest absolute Gasteiger partial charge is 0.175 e. The fourth-order valence-electron chi connectivity index (χ4n) is 2.04. The van der Waals surface area contributed by atoms with Crippen molar-refractivity contribution in [1.29, 1.82) is 0 Å². The number of hydrogen-bond donors (Lipinski definition) is 1. The van der Waals surface area contributed by atoms with Crippen LogP contribution in [0.2, 0.25) is 0 Å². The summed E-state index contributed by atoms with van der Waals surface area (Å²) in [5, 5.41) is 0. The summed E-state index contributed by atoms with van der Waals surface area (Å²) < 4.78 is 12.5. The predicted octanol–water partition coefficient (Wildman–Crippen LogP) is 4.31. The van der Waals surface area contributed by atoms with Gasteiger partial charge in [-0.1, -0.05) is 26.2 Å². The van der Waals surface area contributed by atoms with Gasteiger partial charge in [-0.05, 0) is 59.9 Å². The average Bonchev–Trinajstić information content (AvgIpc) is 2.42. The van der Waals surface area contributed by atoms with E-state index in [2.05, 4.69) is 28.9 Å². The molecule has 0 heterocycles. The summed E-state index contributed by atoms with van der Waals surface area (Å²) in [4.78, 5) is 0. The highest BCUT2D eigenvalue weighted by atomic mass is 79.9. The van der Waals surface area contributed by atoms with E-state index in [-0.39, 0.29) is 0 Å². The van der Waals surface area contributed by atoms with Crippen LogP contribution in [0.15, 0.2) is 16.6 Å². The summed E-state index contributed by atoms with van der Waals surface area (Å²) in [6.45, 7) is 6.18. The summed E-state index contributed by atoms with van der Waals surface area (Å²) in [5.74, 6) is 1.62. The molecule has 0 aliphatic rings. The Kier molecular flexibility index (Phi) is 8.70. The molecule has 0 saturated heterocycles. The van der Waals surface area contributed by atoms with Crippen LogP contribution in [0.1, 0.15) is 45.1 Å². The van der Waals surface area contributed by atoms with Gasteiger partial charge in [-0.2, -0.15) is 0 Å². The molecule has 0 radical (unpaired) electrons. The molecule has 4 heteroatoms. The molecule has 0 atom stereocenters. The third kappa shape index (κ3) is 5.71. The van der Waals surface area contributed by atoms with E-state index in [1.807, 2.05) is 13.0 Å². The van der Waals surface area contributed by atoms with E-state index < -0.39 is 0 Å². The number of nitrogens with two attached hydrogens (primary N) is 1. The van der Waals surface area contributed by atoms with E-state index in [0.29, 0.717) is 13.2 Å². The molecule has 0 aromatic heterocycles. The Hall–Kier alpha value is -0.740. The van der Waals surface area contributed by atoms with E-state index >= 15 is 0 Å². The molecule has 0 amide bonds. The third-order valence-corrected chi connectivity index (χ3v) is 3.64. The lowest BCUT2D eigenvalue weighted by Gasteiger charge is -2.15. The van der Waals surface area contributed by atoms with Gasteiger partial charge in [0.1, 0.15) is 0 Å². The first-order valence-corrected chi connectivity index (χ1v) is 8.30. The molecule has 0 fully saturated rings. The van der Waals surface area contributed by atoms with E-state index in [0.717, 1.165) is 35.4 Å². The van der Waals surface area contributed by atoms with E-state index in [9.17, 15) is 0 Å². The third-order valence-electron chi connectivity index (χ3n) is 3.05. The Labute approximate surface area is 131 Å². The van der Waals surface area contributed by atoms with Crippen LogP contribution in [0.5, 0.6) is 11.5 Å². The maximum Gasteiger partial charge on any atom is 0.175 e. The van der Waals surface area contributed by atoms with Crippen LogP contribution in [0.4, 0.5) is 0 Å². The molecule has 0 aliphatic heterocycles. The molecule has 1 aromatic rings. The molecule has 1 aromatic carbocycles. The van der Waals surface area contributed by atoms with Gasteiger partial charge >= 0.3 is 0 Å². The second-order valence-electron chi connectivity index (χ2n) is 4.79. The molecule has 0 unspecified atom stereocenters. The first-order chi connectivity index (χ1) is 9.72. The number of rotatable bonds is 10. The van der Waals surface area contributed by atoms with Crippen LogP contribution in [0.25, 0.3) is 0 Å². The summed E-state index contributed by atoms with van der Waals surface area (Å²) in [6.07, 6.45) is 5.63. The Bertz CT molecular complexity index is 396. The summed E-state index contributed by atoms with van der Waals surface area (Å²) in [6, 6.07) is 4.10. The van der Waals surface area contributed by atoms with Crippen molar-refractivity contribution >= 4 is 15.9 Å². The second-order valence-corrected chi connectivity index (χ2v) is 5.64. The van der Waals surface area contributed by atoms with Gasteiger partial charge in [0.05, 0.1) is 17.7 Å². The Balaban J connectivity index is 2.71. The van der Waals surface area contributed by atoms with Crippen molar-refractivity contribution < 1.29 is 9.47 Å². The van der Waals surface area contributed by atoms with Crippen LogP contribution >= 0.6 is 15.9 Å². The standard InChI is InChI=1S/C16H26BrNO2/c1-3-5-6-7-10-20-16-14(17)11-13(8-9-18)12-15(16)19-4-2/h11-12H,3-10,18H2,1-2H3. The second kappa shape index (κ2) is 10.1. The maximum atomic E-state index is 5.90. The van der Waals surface area contributed by atoms with Crippen LogP contribution in [-0.4, -0.2) is 19.8 Å². The normalized spacial score (nSPS) is 10.6. The van der Waals surface area contributed by atoms with Gasteiger partial charge in [0.25, 0.3) is 0 Å². The van der Waals surface area contributed by atoms with E-state index in [1.54, 1.807) is 0 Å². The number of halogens is 1. The highest BCUT2D eigenvalue weighted by Crippen LogP contribution is 2.37. The van der Waals surface area contributed by atoms with E-state index in [1.165, 1.54) is 24.8 Å². The molecule has 0 saturated carbocycles. The number of hydrogen-bond acceptors (Lipinski definition) is 3. The molecule has 114 valence electrons. The molecular formula is C16H26BrNO2. The van der Waals surface area contributed by atoms with E-state index in [4.69, 9.17) is 15.2 Å². The van der Waals surface area contributed by atoms with Crippen molar-refractivity contribution in [2.75, 3.05) is 19.8 Å². The monoisotopic (exact) mass is 343 g/mol. The molecule has 0 aliphatic carbocycles. The molecule has 20 heavy (non-hydrogen) atoms. The summed E-state index contributed by atoms with van der Waals surface area (Å²) in [7, 11) is 0. The zero-order valence-corrected chi connectivity index (χ0v) is 14.2. The fraction of sp³-hybridized carbons (Fsp3) is 0.625. The minimum atomic E-state index is 0.630. The average molecular weight is 344 g/mol. The van der Waals surface area contributed by atoms with Crippen molar-refractivity contribution in [3.8, 4) is 11.5 Å². The van der Waals surface area contributed by atoms with Crippen molar-refractivity contribution in [3.05, 3.63) is 22.2 Å². The van der Waals surface area contributed by atoms with Gasteiger partial charge in [0.15, 0.2) is 11.5 Å². The highest BCUT2D eigenvalue weighted by molar-refractivity contribution is 9.10. The van der Waals surface area contributed by atoms with Gasteiger partial charge in [0, 0.05) is 0 Å². The fourth-order valence-corrected chi connectivity index (χ4v) is 2.64. The Morgan fingerprint density at radius 1 is 1.10 bits per heavy atom. The van der Waals surface area contributed by atoms with Crippen LogP contribution in [0, 0.1) is 0 Å². The molecule has 1 rings (SSSR count). The SMILES string of the molecule is CCCCCCOc1c(Br)cc(CCN)cc1OCC. The van der Waals surface area contributed by atoms with Crippen LogP contribution < -0.4 is 15.2 Å². The largest absolute Gasteiger partial charge is 0.490 e.